The normalized spacial score (nSPS) is 24.8. The molecule has 1 aliphatic heterocycles. The van der Waals surface area contributed by atoms with Gasteiger partial charge in [0.25, 0.3) is 5.91 Å². The fourth-order valence-corrected chi connectivity index (χ4v) is 4.44. The minimum Gasteiger partial charge on any atom is -0.379 e. The molecule has 1 aromatic rings. The fraction of sp³-hybridized carbons (Fsp3) is 0.682. The van der Waals surface area contributed by atoms with Gasteiger partial charge in [0.1, 0.15) is 0 Å². The molecular weight excluding hydrogens is 324 g/mol. The molecule has 4 nitrogen and oxygen atoms in total. The molecule has 1 saturated heterocycles. The van der Waals surface area contributed by atoms with Gasteiger partial charge in [-0.05, 0) is 56.6 Å². The minimum absolute atomic E-state index is 0.0760. The van der Waals surface area contributed by atoms with E-state index in [9.17, 15) is 9.90 Å². The minimum atomic E-state index is -1.21. The Bertz CT molecular complexity index is 557. The number of hydrogen-bond donors (Lipinski definition) is 2. The Labute approximate surface area is 158 Å². The molecular formula is C22H34N2O2. The lowest BCUT2D eigenvalue weighted by Crippen LogP contribution is -2.58. The second kappa shape index (κ2) is 9.52. The molecule has 2 fully saturated rings. The topological polar surface area (TPSA) is 52.6 Å². The molecule has 3 rings (SSSR count). The predicted octanol–water partition coefficient (Wildman–Crippen LogP) is 3.14. The number of benzene rings is 1. The Kier molecular flexibility index (Phi) is 7.09. The van der Waals surface area contributed by atoms with Crippen LogP contribution >= 0.6 is 0 Å². The zero-order valence-corrected chi connectivity index (χ0v) is 16.0. The molecule has 1 heterocycles. The predicted molar refractivity (Wildman–Crippen MR) is 105 cm³/mol. The first kappa shape index (κ1) is 19.4. The van der Waals surface area contributed by atoms with Crippen LogP contribution in [0.2, 0.25) is 0 Å². The summed E-state index contributed by atoms with van der Waals surface area (Å²) in [5, 5.41) is 14.3. The standard InChI is InChI=1S/C22H34N2O2/c25-21-22(26,18-23-17-20-11-5-2-6-12-20)14-8-16-24(21)15-7-13-19-9-3-1-4-10-19/h1,3-4,9-10,20,23,26H,2,5-8,11-18H2/t22-/m1/s1. The molecule has 26 heavy (non-hydrogen) atoms. The van der Waals surface area contributed by atoms with Crippen molar-refractivity contribution in [3.05, 3.63) is 35.9 Å². The molecule has 1 amide bonds. The van der Waals surface area contributed by atoms with Crippen LogP contribution in [-0.2, 0) is 11.2 Å². The number of piperidine rings is 1. The van der Waals surface area contributed by atoms with E-state index in [1.165, 1.54) is 37.7 Å². The quantitative estimate of drug-likeness (QED) is 0.751. The Balaban J connectivity index is 1.43. The molecule has 4 heteroatoms. The third-order valence-corrected chi connectivity index (χ3v) is 6.02. The first-order valence-corrected chi connectivity index (χ1v) is 10.4. The van der Waals surface area contributed by atoms with Crippen LogP contribution < -0.4 is 5.32 Å². The van der Waals surface area contributed by atoms with Gasteiger partial charge in [0.2, 0.25) is 0 Å². The maximum atomic E-state index is 12.8. The van der Waals surface area contributed by atoms with Crippen molar-refractivity contribution in [3.63, 3.8) is 0 Å². The van der Waals surface area contributed by atoms with E-state index in [-0.39, 0.29) is 5.91 Å². The number of carbonyl (C=O) groups excluding carboxylic acids is 1. The van der Waals surface area contributed by atoms with E-state index in [1.54, 1.807) is 0 Å². The SMILES string of the molecule is O=C1N(CCCc2ccccc2)CCC[C@@]1(O)CNCC1CCCCC1. The smallest absolute Gasteiger partial charge is 0.255 e. The number of rotatable bonds is 8. The molecule has 0 spiro atoms. The average Bonchev–Trinajstić information content (AvgIpc) is 2.67. The van der Waals surface area contributed by atoms with Gasteiger partial charge in [-0.1, -0.05) is 49.6 Å². The van der Waals surface area contributed by atoms with Gasteiger partial charge in [0.15, 0.2) is 5.60 Å². The molecule has 1 aliphatic carbocycles. The molecule has 2 aliphatic rings. The Morgan fingerprint density at radius 1 is 1.12 bits per heavy atom. The number of hydrogen-bond acceptors (Lipinski definition) is 3. The highest BCUT2D eigenvalue weighted by Crippen LogP contribution is 2.25. The lowest BCUT2D eigenvalue weighted by Gasteiger charge is -2.38. The number of nitrogens with one attached hydrogen (secondary N) is 1. The lowest BCUT2D eigenvalue weighted by molar-refractivity contribution is -0.156. The van der Waals surface area contributed by atoms with Crippen molar-refractivity contribution < 1.29 is 9.90 Å². The fourth-order valence-electron chi connectivity index (χ4n) is 4.44. The molecule has 144 valence electrons. The van der Waals surface area contributed by atoms with Crippen LogP contribution in [0.5, 0.6) is 0 Å². The van der Waals surface area contributed by atoms with Gasteiger partial charge in [-0.2, -0.15) is 0 Å². The molecule has 1 saturated carbocycles. The third-order valence-electron chi connectivity index (χ3n) is 6.02. The van der Waals surface area contributed by atoms with Gasteiger partial charge in [-0.3, -0.25) is 4.79 Å². The van der Waals surface area contributed by atoms with Crippen LogP contribution in [0.25, 0.3) is 0 Å². The lowest BCUT2D eigenvalue weighted by atomic mass is 9.88. The van der Waals surface area contributed by atoms with Crippen molar-refractivity contribution >= 4 is 5.91 Å². The van der Waals surface area contributed by atoms with Gasteiger partial charge in [-0.15, -0.1) is 0 Å². The van der Waals surface area contributed by atoms with Crippen molar-refractivity contribution in [2.24, 2.45) is 5.92 Å². The van der Waals surface area contributed by atoms with Gasteiger partial charge < -0.3 is 15.3 Å². The van der Waals surface area contributed by atoms with Gasteiger partial charge >= 0.3 is 0 Å². The van der Waals surface area contributed by atoms with E-state index >= 15 is 0 Å². The second-order valence-corrected chi connectivity index (χ2v) is 8.15. The molecule has 0 bridgehead atoms. The van der Waals surface area contributed by atoms with E-state index in [0.29, 0.717) is 18.9 Å². The summed E-state index contributed by atoms with van der Waals surface area (Å²) in [6.45, 7) is 2.85. The second-order valence-electron chi connectivity index (χ2n) is 8.15. The van der Waals surface area contributed by atoms with Crippen molar-refractivity contribution in [3.8, 4) is 0 Å². The molecule has 2 N–H and O–H groups in total. The van der Waals surface area contributed by atoms with E-state index in [2.05, 4.69) is 29.6 Å². The van der Waals surface area contributed by atoms with E-state index < -0.39 is 5.60 Å². The largest absolute Gasteiger partial charge is 0.379 e. The summed E-state index contributed by atoms with van der Waals surface area (Å²) >= 11 is 0. The van der Waals surface area contributed by atoms with Crippen LogP contribution in [0.1, 0.15) is 56.9 Å². The molecule has 1 atom stereocenters. The van der Waals surface area contributed by atoms with Crippen molar-refractivity contribution in [1.82, 2.24) is 10.2 Å². The van der Waals surface area contributed by atoms with Gasteiger partial charge in [0, 0.05) is 19.6 Å². The van der Waals surface area contributed by atoms with Crippen molar-refractivity contribution in [2.75, 3.05) is 26.2 Å². The number of amides is 1. The summed E-state index contributed by atoms with van der Waals surface area (Å²) in [7, 11) is 0. The summed E-state index contributed by atoms with van der Waals surface area (Å²) in [5.41, 5.74) is 0.0982. The number of aliphatic hydroxyl groups is 1. The number of nitrogens with zero attached hydrogens (tertiary/aromatic N) is 1. The van der Waals surface area contributed by atoms with Crippen LogP contribution in [0.3, 0.4) is 0 Å². The van der Waals surface area contributed by atoms with Crippen molar-refractivity contribution in [1.29, 1.82) is 0 Å². The highest BCUT2D eigenvalue weighted by atomic mass is 16.3. The summed E-state index contributed by atoms with van der Waals surface area (Å²) < 4.78 is 0. The molecule has 1 aromatic carbocycles. The Morgan fingerprint density at radius 3 is 2.65 bits per heavy atom. The van der Waals surface area contributed by atoms with E-state index in [1.807, 2.05) is 11.0 Å². The van der Waals surface area contributed by atoms with Crippen LogP contribution in [-0.4, -0.2) is 47.7 Å². The maximum Gasteiger partial charge on any atom is 0.255 e. The summed E-state index contributed by atoms with van der Waals surface area (Å²) in [6.07, 6.45) is 9.96. The first-order valence-electron chi connectivity index (χ1n) is 10.4. The molecule has 0 radical (unpaired) electrons. The first-order chi connectivity index (χ1) is 12.7. The molecule has 0 unspecified atom stereocenters. The highest BCUT2D eigenvalue weighted by Gasteiger charge is 2.41. The van der Waals surface area contributed by atoms with Crippen LogP contribution in [0.4, 0.5) is 0 Å². The van der Waals surface area contributed by atoms with E-state index in [0.717, 1.165) is 38.9 Å². The highest BCUT2D eigenvalue weighted by molar-refractivity contribution is 5.86. The Morgan fingerprint density at radius 2 is 1.88 bits per heavy atom. The molecule has 0 aromatic heterocycles. The van der Waals surface area contributed by atoms with Crippen LogP contribution in [0.15, 0.2) is 30.3 Å². The van der Waals surface area contributed by atoms with Gasteiger partial charge in [-0.25, -0.2) is 0 Å². The van der Waals surface area contributed by atoms with E-state index in [4.69, 9.17) is 0 Å². The zero-order chi connectivity index (χ0) is 18.2. The van der Waals surface area contributed by atoms with Crippen LogP contribution in [0, 0.1) is 5.92 Å². The summed E-state index contributed by atoms with van der Waals surface area (Å²) in [4.78, 5) is 14.7. The number of likely N-dealkylation sites (tertiary alicyclic amines) is 1. The zero-order valence-electron chi connectivity index (χ0n) is 16.0. The summed E-state index contributed by atoms with van der Waals surface area (Å²) in [6, 6.07) is 10.4. The monoisotopic (exact) mass is 358 g/mol. The number of aryl methyl sites for hydroxylation is 1. The van der Waals surface area contributed by atoms with Crippen molar-refractivity contribution in [2.45, 2.75) is 63.4 Å². The maximum absolute atomic E-state index is 12.8. The summed E-state index contributed by atoms with van der Waals surface area (Å²) in [5.74, 6) is 0.640. The van der Waals surface area contributed by atoms with Gasteiger partial charge in [0.05, 0.1) is 0 Å². The number of carbonyl (C=O) groups is 1. The Hall–Kier alpha value is -1.39. The third kappa shape index (κ3) is 5.31. The average molecular weight is 359 g/mol.